The lowest BCUT2D eigenvalue weighted by atomic mass is 9.83. The molecule has 0 unspecified atom stereocenters. The van der Waals surface area contributed by atoms with Gasteiger partial charge in [-0.1, -0.05) is 13.8 Å². The highest BCUT2D eigenvalue weighted by Gasteiger charge is 2.41. The molecule has 1 heterocycles. The summed E-state index contributed by atoms with van der Waals surface area (Å²) in [4.78, 5) is 13.4. The molecule has 0 fully saturated rings. The number of carboxylic acids is 1. The summed E-state index contributed by atoms with van der Waals surface area (Å²) < 4.78 is 45.9. The first-order valence-electron chi connectivity index (χ1n) is 10.4. The highest BCUT2D eigenvalue weighted by atomic mass is 32.2. The highest BCUT2D eigenvalue weighted by Crippen LogP contribution is 2.46. The molecule has 10 heteroatoms. The standard InChI is InChI=1S/C23H27FN2O5S2/c1-4-23(5-2)13-26(16-8-6-15(25)7-9-16)18-10-20(32-3)19(31-12-17(24)22(27)28)11-21(18)33(29,30)14-23/h6-12H,4-5,13-14,25H2,1-3H3,(H,27,28)/b17-12-. The van der Waals surface area contributed by atoms with Crippen molar-refractivity contribution in [2.24, 2.45) is 5.41 Å². The van der Waals surface area contributed by atoms with Gasteiger partial charge < -0.3 is 20.5 Å². The van der Waals surface area contributed by atoms with E-state index in [2.05, 4.69) is 0 Å². The monoisotopic (exact) mass is 494 g/mol. The number of nitrogen functional groups attached to an aromatic ring is 1. The summed E-state index contributed by atoms with van der Waals surface area (Å²) >= 11 is 1.28. The molecule has 178 valence electrons. The Bertz CT molecular complexity index is 1180. The molecule has 0 amide bonds. The SMILES string of the molecule is CCC1(CC)CN(c2ccc(N)cc2)c2cc(SC)c(O/C=C(\F)C(=O)O)cc2S(=O)(=O)C1. The molecule has 3 N–H and O–H groups in total. The fourth-order valence-corrected chi connectivity index (χ4v) is 6.69. The Labute approximate surface area is 197 Å². The Morgan fingerprint density at radius 3 is 2.45 bits per heavy atom. The number of halogens is 1. The van der Waals surface area contributed by atoms with E-state index in [0.29, 0.717) is 41.9 Å². The number of benzene rings is 2. The summed E-state index contributed by atoms with van der Waals surface area (Å²) in [6.45, 7) is 4.45. The second-order valence-corrected chi connectivity index (χ2v) is 10.8. The molecule has 0 aromatic heterocycles. The van der Waals surface area contributed by atoms with Crippen LogP contribution in [0.2, 0.25) is 0 Å². The van der Waals surface area contributed by atoms with Crippen LogP contribution in [0.15, 0.2) is 58.3 Å². The molecule has 0 aliphatic carbocycles. The number of carbonyl (C=O) groups is 1. The molecular formula is C23H27FN2O5S2. The van der Waals surface area contributed by atoms with Crippen molar-refractivity contribution in [3.05, 3.63) is 48.5 Å². The van der Waals surface area contributed by atoms with Crippen LogP contribution in [-0.2, 0) is 14.6 Å². The predicted molar refractivity (Wildman–Crippen MR) is 129 cm³/mol. The smallest absolute Gasteiger partial charge is 0.368 e. The first-order chi connectivity index (χ1) is 15.6. The third-order valence-corrected chi connectivity index (χ3v) is 8.81. The Morgan fingerprint density at radius 1 is 1.27 bits per heavy atom. The van der Waals surface area contributed by atoms with Gasteiger partial charge in [0.15, 0.2) is 9.84 Å². The summed E-state index contributed by atoms with van der Waals surface area (Å²) in [5.74, 6) is -3.24. The molecule has 0 saturated carbocycles. The fourth-order valence-electron chi connectivity index (χ4n) is 3.92. The number of hydrogen-bond acceptors (Lipinski definition) is 7. The lowest BCUT2D eigenvalue weighted by molar-refractivity contribution is -0.134. The summed E-state index contributed by atoms with van der Waals surface area (Å²) in [5.41, 5.74) is 7.25. The topological polar surface area (TPSA) is 110 Å². The molecule has 0 radical (unpaired) electrons. The molecule has 2 aromatic rings. The zero-order chi connectivity index (χ0) is 24.4. The van der Waals surface area contributed by atoms with E-state index in [-0.39, 0.29) is 16.4 Å². The van der Waals surface area contributed by atoms with Crippen LogP contribution >= 0.6 is 11.8 Å². The Kier molecular flexibility index (Phi) is 7.28. The molecule has 0 spiro atoms. The van der Waals surface area contributed by atoms with Crippen molar-refractivity contribution >= 4 is 44.6 Å². The number of rotatable bonds is 7. The normalized spacial score (nSPS) is 17.2. The second kappa shape index (κ2) is 9.64. The van der Waals surface area contributed by atoms with Crippen molar-refractivity contribution < 1.29 is 27.4 Å². The molecule has 7 nitrogen and oxygen atoms in total. The molecule has 3 rings (SSSR count). The van der Waals surface area contributed by atoms with E-state index in [1.54, 1.807) is 24.5 Å². The minimum Gasteiger partial charge on any atom is -0.476 e. The number of fused-ring (bicyclic) bond motifs is 1. The molecule has 0 saturated heterocycles. The van der Waals surface area contributed by atoms with Crippen LogP contribution in [-0.4, -0.2) is 38.0 Å². The molecule has 1 aliphatic rings. The Balaban J connectivity index is 2.26. The highest BCUT2D eigenvalue weighted by molar-refractivity contribution is 7.98. The lowest BCUT2D eigenvalue weighted by Gasteiger charge is -2.35. The molecule has 1 aliphatic heterocycles. The van der Waals surface area contributed by atoms with Gasteiger partial charge in [-0.2, -0.15) is 4.39 Å². The largest absolute Gasteiger partial charge is 0.476 e. The quantitative estimate of drug-likeness (QED) is 0.240. The van der Waals surface area contributed by atoms with E-state index in [0.717, 1.165) is 5.69 Å². The number of nitrogens with two attached hydrogens (primary N) is 1. The first-order valence-corrected chi connectivity index (χ1v) is 13.3. The van der Waals surface area contributed by atoms with Crippen molar-refractivity contribution in [3.63, 3.8) is 0 Å². The molecular weight excluding hydrogens is 467 g/mol. The van der Waals surface area contributed by atoms with Crippen LogP contribution in [0.1, 0.15) is 26.7 Å². The van der Waals surface area contributed by atoms with Crippen molar-refractivity contribution in [2.45, 2.75) is 36.5 Å². The zero-order valence-corrected chi connectivity index (χ0v) is 20.3. The summed E-state index contributed by atoms with van der Waals surface area (Å²) in [6, 6.07) is 10.3. The maximum Gasteiger partial charge on any atom is 0.368 e. The molecule has 0 bridgehead atoms. The van der Waals surface area contributed by atoms with Crippen molar-refractivity contribution in [1.82, 2.24) is 0 Å². The van der Waals surface area contributed by atoms with Crippen LogP contribution in [0.25, 0.3) is 0 Å². The van der Waals surface area contributed by atoms with Gasteiger partial charge in [0, 0.05) is 29.4 Å². The van der Waals surface area contributed by atoms with E-state index in [9.17, 15) is 17.6 Å². The maximum atomic E-state index is 13.6. The number of anilines is 3. The van der Waals surface area contributed by atoms with Gasteiger partial charge in [0.2, 0.25) is 5.83 Å². The number of sulfone groups is 1. The minimum atomic E-state index is -3.75. The van der Waals surface area contributed by atoms with E-state index in [1.165, 1.54) is 17.8 Å². The van der Waals surface area contributed by atoms with Gasteiger partial charge in [0.05, 0.1) is 21.2 Å². The summed E-state index contributed by atoms with van der Waals surface area (Å²) in [6.07, 6.45) is 3.56. The number of nitrogens with zero attached hydrogens (tertiary/aromatic N) is 1. The van der Waals surface area contributed by atoms with Crippen LogP contribution < -0.4 is 15.4 Å². The van der Waals surface area contributed by atoms with Crippen molar-refractivity contribution in [1.29, 1.82) is 0 Å². The molecule has 33 heavy (non-hydrogen) atoms. The van der Waals surface area contributed by atoms with Gasteiger partial charge >= 0.3 is 5.97 Å². The van der Waals surface area contributed by atoms with E-state index < -0.39 is 27.0 Å². The zero-order valence-electron chi connectivity index (χ0n) is 18.7. The first kappa shape index (κ1) is 24.9. The second-order valence-electron chi connectivity index (χ2n) is 8.00. The van der Waals surface area contributed by atoms with Crippen LogP contribution in [0, 0.1) is 5.41 Å². The van der Waals surface area contributed by atoms with Gasteiger partial charge in [-0.15, -0.1) is 11.8 Å². The molecule has 0 atom stereocenters. The third kappa shape index (κ3) is 5.11. The van der Waals surface area contributed by atoms with Gasteiger partial charge in [0.1, 0.15) is 12.0 Å². The van der Waals surface area contributed by atoms with Gasteiger partial charge in [-0.05, 0) is 49.4 Å². The Morgan fingerprint density at radius 2 is 1.91 bits per heavy atom. The minimum absolute atomic E-state index is 0.0527. The Hall–Kier alpha value is -2.72. The van der Waals surface area contributed by atoms with Crippen LogP contribution in [0.5, 0.6) is 5.75 Å². The third-order valence-electron chi connectivity index (χ3n) is 6.06. The average molecular weight is 495 g/mol. The fraction of sp³-hybridized carbons (Fsp3) is 0.348. The van der Waals surface area contributed by atoms with Crippen molar-refractivity contribution in [3.8, 4) is 5.75 Å². The van der Waals surface area contributed by atoms with Crippen molar-refractivity contribution in [2.75, 3.05) is 29.2 Å². The van der Waals surface area contributed by atoms with Gasteiger partial charge in [-0.3, -0.25) is 0 Å². The van der Waals surface area contributed by atoms with Gasteiger partial charge in [-0.25, -0.2) is 13.2 Å². The number of hydrogen-bond donors (Lipinski definition) is 2. The number of thioether (sulfide) groups is 1. The lowest BCUT2D eigenvalue weighted by Crippen LogP contribution is -2.37. The van der Waals surface area contributed by atoms with E-state index >= 15 is 0 Å². The number of carboxylic acid groups (broad SMARTS) is 1. The number of aliphatic carboxylic acids is 1. The predicted octanol–water partition coefficient (Wildman–Crippen LogP) is 5.00. The summed E-state index contributed by atoms with van der Waals surface area (Å²) in [7, 11) is -3.75. The van der Waals surface area contributed by atoms with E-state index in [4.69, 9.17) is 15.6 Å². The van der Waals surface area contributed by atoms with E-state index in [1.807, 2.05) is 30.9 Å². The summed E-state index contributed by atoms with van der Waals surface area (Å²) in [5, 5.41) is 8.75. The van der Waals surface area contributed by atoms with Crippen LogP contribution in [0.3, 0.4) is 0 Å². The van der Waals surface area contributed by atoms with Crippen LogP contribution in [0.4, 0.5) is 21.5 Å². The molecule has 2 aromatic carbocycles. The number of ether oxygens (including phenoxy) is 1. The van der Waals surface area contributed by atoms with Gasteiger partial charge in [0.25, 0.3) is 0 Å². The maximum absolute atomic E-state index is 13.6. The average Bonchev–Trinajstić information content (AvgIpc) is 2.89.